The van der Waals surface area contributed by atoms with E-state index in [0.717, 1.165) is 37.4 Å². The van der Waals surface area contributed by atoms with E-state index < -0.39 is 0 Å². The largest absolute Gasteiger partial charge is 0.359 e. The van der Waals surface area contributed by atoms with Gasteiger partial charge in [-0.3, -0.25) is 9.78 Å². The van der Waals surface area contributed by atoms with Gasteiger partial charge >= 0.3 is 0 Å². The number of likely N-dealkylation sites (N-methyl/N-ethyl adjacent to an activating group) is 1. The first kappa shape index (κ1) is 12.8. The lowest BCUT2D eigenvalue weighted by Crippen LogP contribution is -2.24. The minimum absolute atomic E-state index is 0.0624. The number of aromatic amines is 1. The van der Waals surface area contributed by atoms with E-state index in [2.05, 4.69) is 15.0 Å². The molecule has 3 rings (SSSR count). The van der Waals surface area contributed by atoms with E-state index in [9.17, 15) is 4.79 Å². The zero-order valence-electron chi connectivity index (χ0n) is 11.5. The third-order valence-electron chi connectivity index (χ3n) is 3.59. The normalized spacial score (nSPS) is 14.2. The molecule has 0 amide bonds. The first-order chi connectivity index (χ1) is 9.72. The van der Waals surface area contributed by atoms with Crippen molar-refractivity contribution >= 4 is 5.82 Å². The van der Waals surface area contributed by atoms with E-state index in [1.54, 1.807) is 18.5 Å². The number of hydrogen-bond acceptors (Lipinski definition) is 4. The molecule has 0 bridgehead atoms. The zero-order valence-corrected chi connectivity index (χ0v) is 11.5. The Morgan fingerprint density at radius 1 is 1.35 bits per heavy atom. The van der Waals surface area contributed by atoms with Crippen molar-refractivity contribution in [1.82, 2.24) is 15.0 Å². The van der Waals surface area contributed by atoms with Crippen LogP contribution in [-0.4, -0.2) is 28.5 Å². The summed E-state index contributed by atoms with van der Waals surface area (Å²) in [6.45, 7) is 0.824. The smallest absolute Gasteiger partial charge is 0.252 e. The molecule has 0 aliphatic heterocycles. The summed E-state index contributed by atoms with van der Waals surface area (Å²) in [6.07, 6.45) is 6.77. The van der Waals surface area contributed by atoms with E-state index in [0.29, 0.717) is 5.92 Å². The van der Waals surface area contributed by atoms with Crippen molar-refractivity contribution in [3.63, 3.8) is 0 Å². The van der Waals surface area contributed by atoms with E-state index in [4.69, 9.17) is 0 Å². The summed E-state index contributed by atoms with van der Waals surface area (Å²) in [6, 6.07) is 5.59. The first-order valence-electron chi connectivity index (χ1n) is 6.93. The summed E-state index contributed by atoms with van der Waals surface area (Å²) < 4.78 is 0. The van der Waals surface area contributed by atoms with Crippen molar-refractivity contribution in [3.05, 3.63) is 52.3 Å². The molecule has 0 saturated heterocycles. The average molecular weight is 270 g/mol. The van der Waals surface area contributed by atoms with Gasteiger partial charge in [0.15, 0.2) is 0 Å². The summed E-state index contributed by atoms with van der Waals surface area (Å²) in [5.41, 5.74) is 1.17. The molecular weight excluding hydrogens is 252 g/mol. The molecule has 1 aliphatic rings. The zero-order chi connectivity index (χ0) is 13.9. The number of nitrogens with zero attached hydrogens (tertiary/aromatic N) is 3. The lowest BCUT2D eigenvalue weighted by Gasteiger charge is -2.18. The molecule has 2 aromatic heterocycles. The maximum Gasteiger partial charge on any atom is 0.252 e. The summed E-state index contributed by atoms with van der Waals surface area (Å²) in [5, 5.41) is 0. The third kappa shape index (κ3) is 3.04. The SMILES string of the molecule is CN(CCc1ccncc1)c1cc(=O)[nH]c(C2CC2)n1. The number of nitrogens with one attached hydrogen (secondary N) is 1. The van der Waals surface area contributed by atoms with Crippen molar-refractivity contribution in [3.8, 4) is 0 Å². The van der Waals surface area contributed by atoms with Gasteiger partial charge in [0.2, 0.25) is 0 Å². The van der Waals surface area contributed by atoms with Gasteiger partial charge in [-0.05, 0) is 37.0 Å². The van der Waals surface area contributed by atoms with Crippen LogP contribution in [0.2, 0.25) is 0 Å². The molecular formula is C15H18N4O. The molecule has 2 heterocycles. The van der Waals surface area contributed by atoms with E-state index in [-0.39, 0.29) is 5.56 Å². The second kappa shape index (κ2) is 5.45. The molecule has 1 saturated carbocycles. The lowest BCUT2D eigenvalue weighted by atomic mass is 10.2. The topological polar surface area (TPSA) is 61.9 Å². The van der Waals surface area contributed by atoms with E-state index >= 15 is 0 Å². The number of hydrogen-bond donors (Lipinski definition) is 1. The maximum atomic E-state index is 11.7. The Labute approximate surface area is 117 Å². The Morgan fingerprint density at radius 3 is 2.80 bits per heavy atom. The molecule has 104 valence electrons. The van der Waals surface area contributed by atoms with Crippen LogP contribution in [0, 0.1) is 0 Å². The van der Waals surface area contributed by atoms with Crippen LogP contribution >= 0.6 is 0 Å². The summed E-state index contributed by atoms with van der Waals surface area (Å²) in [7, 11) is 1.97. The van der Waals surface area contributed by atoms with Crippen LogP contribution in [0.25, 0.3) is 0 Å². The van der Waals surface area contributed by atoms with Gasteiger partial charge in [0.05, 0.1) is 0 Å². The van der Waals surface area contributed by atoms with Crippen molar-refractivity contribution < 1.29 is 0 Å². The standard InChI is InChI=1S/C15H18N4O/c1-19(9-6-11-4-7-16-8-5-11)13-10-14(20)18-15(17-13)12-2-3-12/h4-5,7-8,10,12H,2-3,6,9H2,1H3,(H,17,18,20). The van der Waals surface area contributed by atoms with E-state index in [1.807, 2.05) is 24.1 Å². The number of aromatic nitrogens is 3. The van der Waals surface area contributed by atoms with Crippen molar-refractivity contribution in [2.75, 3.05) is 18.5 Å². The Bertz CT molecular complexity index is 634. The van der Waals surface area contributed by atoms with Gasteiger partial charge in [0.25, 0.3) is 5.56 Å². The molecule has 1 fully saturated rings. The highest BCUT2D eigenvalue weighted by molar-refractivity contribution is 5.37. The second-order valence-corrected chi connectivity index (χ2v) is 5.29. The highest BCUT2D eigenvalue weighted by Gasteiger charge is 2.26. The van der Waals surface area contributed by atoms with E-state index in [1.165, 1.54) is 5.56 Å². The third-order valence-corrected chi connectivity index (χ3v) is 3.59. The molecule has 1 aliphatic carbocycles. The average Bonchev–Trinajstić information content (AvgIpc) is 3.30. The van der Waals surface area contributed by atoms with Crippen LogP contribution < -0.4 is 10.5 Å². The Hall–Kier alpha value is -2.17. The molecule has 20 heavy (non-hydrogen) atoms. The second-order valence-electron chi connectivity index (χ2n) is 5.29. The fourth-order valence-electron chi connectivity index (χ4n) is 2.17. The summed E-state index contributed by atoms with van der Waals surface area (Å²) in [4.78, 5) is 25.1. The number of pyridine rings is 1. The van der Waals surface area contributed by atoms with Gasteiger partial charge in [-0.1, -0.05) is 0 Å². The number of anilines is 1. The van der Waals surface area contributed by atoms with Crippen LogP contribution in [0.4, 0.5) is 5.82 Å². The molecule has 0 atom stereocenters. The lowest BCUT2D eigenvalue weighted by molar-refractivity contribution is 0.826. The Kier molecular flexibility index (Phi) is 3.50. The van der Waals surface area contributed by atoms with Crippen molar-refractivity contribution in [1.29, 1.82) is 0 Å². The van der Waals surface area contributed by atoms with Gasteiger partial charge in [0.1, 0.15) is 11.6 Å². The fourth-order valence-corrected chi connectivity index (χ4v) is 2.17. The minimum atomic E-state index is -0.0624. The molecule has 5 nitrogen and oxygen atoms in total. The van der Waals surface area contributed by atoms with Crippen LogP contribution in [0.1, 0.15) is 30.1 Å². The predicted octanol–water partition coefficient (Wildman–Crippen LogP) is 1.72. The van der Waals surface area contributed by atoms with Gasteiger partial charge in [-0.15, -0.1) is 0 Å². The number of H-pyrrole nitrogens is 1. The quantitative estimate of drug-likeness (QED) is 0.898. The molecule has 0 radical (unpaired) electrons. The van der Waals surface area contributed by atoms with Gasteiger partial charge in [-0.25, -0.2) is 4.98 Å². The molecule has 1 N–H and O–H groups in total. The highest BCUT2D eigenvalue weighted by Crippen LogP contribution is 2.37. The van der Waals surface area contributed by atoms with Gasteiger partial charge in [0, 0.05) is 38.0 Å². The summed E-state index contributed by atoms with van der Waals surface area (Å²) in [5.74, 6) is 2.05. The van der Waals surface area contributed by atoms with Gasteiger partial charge < -0.3 is 9.88 Å². The van der Waals surface area contributed by atoms with Crippen molar-refractivity contribution in [2.24, 2.45) is 0 Å². The fraction of sp³-hybridized carbons (Fsp3) is 0.400. The minimum Gasteiger partial charge on any atom is -0.359 e. The Morgan fingerprint density at radius 2 is 2.10 bits per heavy atom. The van der Waals surface area contributed by atoms with Crippen LogP contribution in [0.5, 0.6) is 0 Å². The van der Waals surface area contributed by atoms with Crippen LogP contribution in [0.15, 0.2) is 35.4 Å². The number of rotatable bonds is 5. The highest BCUT2D eigenvalue weighted by atomic mass is 16.1. The summed E-state index contributed by atoms with van der Waals surface area (Å²) >= 11 is 0. The molecule has 0 aromatic carbocycles. The molecule has 5 heteroatoms. The molecule has 2 aromatic rings. The Balaban J connectivity index is 1.70. The van der Waals surface area contributed by atoms with Crippen LogP contribution in [0.3, 0.4) is 0 Å². The van der Waals surface area contributed by atoms with Gasteiger partial charge in [-0.2, -0.15) is 0 Å². The monoisotopic (exact) mass is 270 g/mol. The predicted molar refractivity (Wildman–Crippen MR) is 78.0 cm³/mol. The van der Waals surface area contributed by atoms with Crippen molar-refractivity contribution in [2.45, 2.75) is 25.2 Å². The molecule has 0 unspecified atom stereocenters. The molecule has 0 spiro atoms. The van der Waals surface area contributed by atoms with Crippen LogP contribution in [-0.2, 0) is 6.42 Å². The first-order valence-corrected chi connectivity index (χ1v) is 6.93. The maximum absolute atomic E-state index is 11.7.